The van der Waals surface area contributed by atoms with Crippen molar-refractivity contribution in [1.82, 2.24) is 10.2 Å². The molecule has 134 valence electrons. The van der Waals surface area contributed by atoms with Gasteiger partial charge in [0.15, 0.2) is 0 Å². The number of hydrogen-bond donors (Lipinski definition) is 2. The molecule has 0 radical (unpaired) electrons. The van der Waals surface area contributed by atoms with E-state index in [1.54, 1.807) is 0 Å². The van der Waals surface area contributed by atoms with E-state index in [9.17, 15) is 4.79 Å². The maximum Gasteiger partial charge on any atom is 0.404 e. The Kier molecular flexibility index (Phi) is 8.21. The summed E-state index contributed by atoms with van der Waals surface area (Å²) < 4.78 is 0. The molecule has 1 aliphatic carbocycles. The Morgan fingerprint density at radius 3 is 2.74 bits per heavy atom. The van der Waals surface area contributed by atoms with Gasteiger partial charge in [-0.15, -0.1) is 0 Å². The summed E-state index contributed by atoms with van der Waals surface area (Å²) in [6, 6.07) is 0.172. The van der Waals surface area contributed by atoms with Crippen LogP contribution in [0.15, 0.2) is 0 Å². The van der Waals surface area contributed by atoms with Crippen LogP contribution in [0.5, 0.6) is 0 Å². The molecule has 1 heterocycles. The molecule has 1 saturated carbocycles. The van der Waals surface area contributed by atoms with Gasteiger partial charge >= 0.3 is 6.09 Å². The molecule has 0 aromatic rings. The van der Waals surface area contributed by atoms with Crippen LogP contribution in [0.1, 0.15) is 77.6 Å². The fourth-order valence-corrected chi connectivity index (χ4v) is 4.52. The van der Waals surface area contributed by atoms with Crippen LogP contribution in [0.3, 0.4) is 0 Å². The van der Waals surface area contributed by atoms with E-state index in [0.29, 0.717) is 5.92 Å². The van der Waals surface area contributed by atoms with Gasteiger partial charge in [0, 0.05) is 19.1 Å². The monoisotopic (exact) mass is 324 g/mol. The molecule has 2 rings (SSSR count). The summed E-state index contributed by atoms with van der Waals surface area (Å²) in [5.74, 6) is 1.38. The number of rotatable bonds is 8. The lowest BCUT2D eigenvalue weighted by Gasteiger charge is -2.39. The first-order chi connectivity index (χ1) is 11.2. The quantitative estimate of drug-likeness (QED) is 0.647. The zero-order valence-electron chi connectivity index (χ0n) is 14.9. The number of amides is 1. The lowest BCUT2D eigenvalue weighted by atomic mass is 9.83. The third kappa shape index (κ3) is 6.70. The summed E-state index contributed by atoms with van der Waals surface area (Å²) in [4.78, 5) is 13.6. The van der Waals surface area contributed by atoms with Gasteiger partial charge in [0.05, 0.1) is 0 Å². The average Bonchev–Trinajstić information content (AvgIpc) is 2.53. The summed E-state index contributed by atoms with van der Waals surface area (Å²) in [7, 11) is 0. The van der Waals surface area contributed by atoms with Crippen LogP contribution in [0.25, 0.3) is 0 Å². The SMILES string of the molecule is CCCCCCC1CCCN(C[C@@H]2CCCC[C@H]2NC(=O)O)C1. The summed E-state index contributed by atoms with van der Waals surface area (Å²) in [6.07, 6.45) is 13.3. The molecule has 4 nitrogen and oxygen atoms in total. The molecular weight excluding hydrogens is 288 g/mol. The van der Waals surface area contributed by atoms with Crippen LogP contribution < -0.4 is 5.32 Å². The first-order valence-electron chi connectivity index (χ1n) is 9.91. The lowest BCUT2D eigenvalue weighted by molar-refractivity contribution is 0.114. The fraction of sp³-hybridized carbons (Fsp3) is 0.947. The molecule has 0 spiro atoms. The largest absolute Gasteiger partial charge is 0.465 e. The maximum absolute atomic E-state index is 11.0. The topological polar surface area (TPSA) is 52.6 Å². The fourth-order valence-electron chi connectivity index (χ4n) is 4.52. The normalized spacial score (nSPS) is 29.3. The van der Waals surface area contributed by atoms with Crippen molar-refractivity contribution in [3.63, 3.8) is 0 Å². The minimum Gasteiger partial charge on any atom is -0.465 e. The van der Waals surface area contributed by atoms with Gasteiger partial charge in [-0.3, -0.25) is 0 Å². The van der Waals surface area contributed by atoms with Crippen molar-refractivity contribution in [1.29, 1.82) is 0 Å². The number of piperidine rings is 1. The molecule has 1 aliphatic heterocycles. The third-order valence-corrected chi connectivity index (χ3v) is 5.78. The number of carbonyl (C=O) groups is 1. The molecule has 0 aromatic carbocycles. The van der Waals surface area contributed by atoms with Crippen LogP contribution in [0.2, 0.25) is 0 Å². The Labute approximate surface area is 142 Å². The average molecular weight is 325 g/mol. The second-order valence-electron chi connectivity index (χ2n) is 7.72. The summed E-state index contributed by atoms with van der Waals surface area (Å²) in [5, 5.41) is 11.8. The van der Waals surface area contributed by atoms with E-state index < -0.39 is 6.09 Å². The van der Waals surface area contributed by atoms with Crippen molar-refractivity contribution in [2.75, 3.05) is 19.6 Å². The Hall–Kier alpha value is -0.770. The molecule has 2 aliphatic rings. The van der Waals surface area contributed by atoms with Crippen molar-refractivity contribution < 1.29 is 9.90 Å². The van der Waals surface area contributed by atoms with Gasteiger partial charge < -0.3 is 15.3 Å². The van der Waals surface area contributed by atoms with Crippen LogP contribution in [-0.2, 0) is 0 Å². The van der Waals surface area contributed by atoms with Crippen LogP contribution in [0.4, 0.5) is 4.79 Å². The van der Waals surface area contributed by atoms with E-state index in [0.717, 1.165) is 18.9 Å². The lowest BCUT2D eigenvalue weighted by Crippen LogP contribution is -2.47. The molecule has 4 heteroatoms. The van der Waals surface area contributed by atoms with Crippen molar-refractivity contribution in [2.45, 2.75) is 83.6 Å². The molecule has 2 fully saturated rings. The van der Waals surface area contributed by atoms with E-state index in [-0.39, 0.29) is 6.04 Å². The Balaban J connectivity index is 1.75. The van der Waals surface area contributed by atoms with E-state index in [4.69, 9.17) is 5.11 Å². The highest BCUT2D eigenvalue weighted by Crippen LogP contribution is 2.28. The predicted octanol–water partition coefficient (Wildman–Crippen LogP) is 4.50. The van der Waals surface area contributed by atoms with Gasteiger partial charge in [0.1, 0.15) is 0 Å². The zero-order chi connectivity index (χ0) is 16.5. The maximum atomic E-state index is 11.0. The highest BCUT2D eigenvalue weighted by molar-refractivity contribution is 5.64. The van der Waals surface area contributed by atoms with E-state index in [1.807, 2.05) is 0 Å². The molecule has 1 unspecified atom stereocenters. The summed E-state index contributed by atoms with van der Waals surface area (Å²) in [5.41, 5.74) is 0. The number of nitrogens with one attached hydrogen (secondary N) is 1. The second kappa shape index (κ2) is 10.2. The minimum atomic E-state index is -0.852. The number of nitrogens with zero attached hydrogens (tertiary/aromatic N) is 1. The molecule has 0 bridgehead atoms. The second-order valence-corrected chi connectivity index (χ2v) is 7.72. The third-order valence-electron chi connectivity index (χ3n) is 5.78. The molecule has 23 heavy (non-hydrogen) atoms. The van der Waals surface area contributed by atoms with Crippen molar-refractivity contribution in [3.8, 4) is 0 Å². The van der Waals surface area contributed by atoms with Crippen LogP contribution in [-0.4, -0.2) is 41.8 Å². The molecule has 3 atom stereocenters. The first-order valence-corrected chi connectivity index (χ1v) is 9.91. The van der Waals surface area contributed by atoms with E-state index in [2.05, 4.69) is 17.1 Å². The van der Waals surface area contributed by atoms with E-state index in [1.165, 1.54) is 77.3 Å². The minimum absolute atomic E-state index is 0.172. The van der Waals surface area contributed by atoms with Gasteiger partial charge in [-0.05, 0) is 50.5 Å². The van der Waals surface area contributed by atoms with Gasteiger partial charge in [-0.2, -0.15) is 0 Å². The number of likely N-dealkylation sites (tertiary alicyclic amines) is 1. The number of hydrogen-bond acceptors (Lipinski definition) is 2. The van der Waals surface area contributed by atoms with Crippen molar-refractivity contribution >= 4 is 6.09 Å². The molecule has 2 N–H and O–H groups in total. The highest BCUT2D eigenvalue weighted by atomic mass is 16.4. The summed E-state index contributed by atoms with van der Waals surface area (Å²) in [6.45, 7) is 5.81. The number of carboxylic acid groups (broad SMARTS) is 1. The Morgan fingerprint density at radius 2 is 1.96 bits per heavy atom. The van der Waals surface area contributed by atoms with Crippen LogP contribution >= 0.6 is 0 Å². The van der Waals surface area contributed by atoms with Crippen LogP contribution in [0, 0.1) is 11.8 Å². The Bertz CT molecular complexity index is 348. The Morgan fingerprint density at radius 1 is 1.13 bits per heavy atom. The molecule has 0 aromatic heterocycles. The smallest absolute Gasteiger partial charge is 0.404 e. The standard InChI is InChI=1S/C19H36N2O2/c1-2-3-4-5-9-16-10-8-13-21(14-16)15-17-11-6-7-12-18(17)20-19(22)23/h16-18,20H,2-15H2,1H3,(H,22,23)/t16?,17-,18+/m0/s1. The number of unbranched alkanes of at least 4 members (excludes halogenated alkanes) is 3. The molecular formula is C19H36N2O2. The highest BCUT2D eigenvalue weighted by Gasteiger charge is 2.29. The van der Waals surface area contributed by atoms with Crippen molar-refractivity contribution in [3.05, 3.63) is 0 Å². The first kappa shape index (κ1) is 18.6. The van der Waals surface area contributed by atoms with Crippen molar-refractivity contribution in [2.24, 2.45) is 11.8 Å². The van der Waals surface area contributed by atoms with Gasteiger partial charge in [0.25, 0.3) is 0 Å². The molecule has 1 amide bonds. The zero-order valence-corrected chi connectivity index (χ0v) is 14.9. The van der Waals surface area contributed by atoms with Gasteiger partial charge in [-0.1, -0.05) is 45.4 Å². The van der Waals surface area contributed by atoms with Gasteiger partial charge in [0.2, 0.25) is 0 Å². The molecule has 1 saturated heterocycles. The van der Waals surface area contributed by atoms with E-state index >= 15 is 0 Å². The summed E-state index contributed by atoms with van der Waals surface area (Å²) >= 11 is 0. The van der Waals surface area contributed by atoms with Gasteiger partial charge in [-0.25, -0.2) is 4.79 Å². The predicted molar refractivity (Wildman–Crippen MR) is 94.8 cm³/mol.